The molecular formula is C13H17BrFN3. The minimum Gasteiger partial charge on any atom is -0.370 e. The molecule has 1 aromatic rings. The van der Waals surface area contributed by atoms with Crippen molar-refractivity contribution in [3.05, 3.63) is 34.1 Å². The van der Waals surface area contributed by atoms with E-state index in [-0.39, 0.29) is 17.4 Å². The van der Waals surface area contributed by atoms with Crippen molar-refractivity contribution in [2.45, 2.75) is 32.4 Å². The Morgan fingerprint density at radius 2 is 2.17 bits per heavy atom. The number of halogens is 2. The molecule has 5 heteroatoms. The molecule has 0 radical (unpaired) electrons. The first-order chi connectivity index (χ1) is 8.36. The molecule has 0 amide bonds. The highest BCUT2D eigenvalue weighted by Gasteiger charge is 2.42. The summed E-state index contributed by atoms with van der Waals surface area (Å²) in [5, 5.41) is 0. The molecule has 18 heavy (non-hydrogen) atoms. The van der Waals surface area contributed by atoms with Crippen LogP contribution in [0.2, 0.25) is 0 Å². The van der Waals surface area contributed by atoms with Gasteiger partial charge in [0, 0.05) is 10.5 Å². The smallest absolute Gasteiger partial charge is 0.192 e. The largest absolute Gasteiger partial charge is 0.370 e. The molecule has 1 aromatic carbocycles. The van der Waals surface area contributed by atoms with Gasteiger partial charge in [0.1, 0.15) is 5.82 Å². The minimum atomic E-state index is -0.329. The lowest BCUT2D eigenvalue weighted by atomic mass is 9.90. The fraction of sp³-hybridized carbons (Fsp3) is 0.462. The molecule has 0 aromatic heterocycles. The van der Waals surface area contributed by atoms with Crippen LogP contribution in [0.25, 0.3) is 0 Å². The van der Waals surface area contributed by atoms with Crippen LogP contribution in [0, 0.1) is 5.82 Å². The summed E-state index contributed by atoms with van der Waals surface area (Å²) in [5.74, 6) is 0.293. The van der Waals surface area contributed by atoms with Gasteiger partial charge in [-0.15, -0.1) is 0 Å². The lowest BCUT2D eigenvalue weighted by molar-refractivity contribution is 0.184. The Morgan fingerprint density at radius 1 is 1.50 bits per heavy atom. The molecule has 2 N–H and O–H groups in total. The zero-order valence-electron chi connectivity index (χ0n) is 10.7. The average molecular weight is 314 g/mol. The number of rotatable bonds is 2. The summed E-state index contributed by atoms with van der Waals surface area (Å²) in [5.41, 5.74) is 6.63. The molecular weight excluding hydrogens is 297 g/mol. The third kappa shape index (κ3) is 2.00. The zero-order valence-corrected chi connectivity index (χ0v) is 12.3. The standard InChI is InChI=1S/C13H17BrFN3/c1-8(2)18-12(16)17-7-13(18,3)10-5-4-9(15)6-11(10)14/h4-6,8H,7H2,1-3H3,(H2,16,17). The van der Waals surface area contributed by atoms with Crippen LogP contribution in [0.1, 0.15) is 26.3 Å². The van der Waals surface area contributed by atoms with E-state index in [1.54, 1.807) is 6.07 Å². The van der Waals surface area contributed by atoms with E-state index in [0.717, 1.165) is 10.0 Å². The van der Waals surface area contributed by atoms with Gasteiger partial charge in [0.25, 0.3) is 0 Å². The normalized spacial score (nSPS) is 23.7. The molecule has 1 aliphatic rings. The molecule has 0 aliphatic carbocycles. The summed E-state index contributed by atoms with van der Waals surface area (Å²) in [6, 6.07) is 4.98. The minimum absolute atomic E-state index is 0.234. The van der Waals surface area contributed by atoms with Gasteiger partial charge in [-0.25, -0.2) is 4.39 Å². The van der Waals surface area contributed by atoms with Gasteiger partial charge in [-0.2, -0.15) is 0 Å². The van der Waals surface area contributed by atoms with Gasteiger partial charge in [0.15, 0.2) is 5.96 Å². The van der Waals surface area contributed by atoms with Crippen molar-refractivity contribution in [1.82, 2.24) is 4.90 Å². The molecule has 2 rings (SSSR count). The monoisotopic (exact) mass is 313 g/mol. The molecule has 1 heterocycles. The predicted molar refractivity (Wildman–Crippen MR) is 74.9 cm³/mol. The van der Waals surface area contributed by atoms with Crippen molar-refractivity contribution >= 4 is 21.9 Å². The molecule has 0 saturated heterocycles. The quantitative estimate of drug-likeness (QED) is 0.912. The van der Waals surface area contributed by atoms with Crippen molar-refractivity contribution in [2.75, 3.05) is 6.54 Å². The number of nitrogens with zero attached hydrogens (tertiary/aromatic N) is 2. The molecule has 1 unspecified atom stereocenters. The second-order valence-corrected chi connectivity index (χ2v) is 5.89. The predicted octanol–water partition coefficient (Wildman–Crippen LogP) is 2.84. The van der Waals surface area contributed by atoms with E-state index in [0.29, 0.717) is 12.5 Å². The number of nitrogens with two attached hydrogens (primary N) is 1. The van der Waals surface area contributed by atoms with E-state index in [1.165, 1.54) is 12.1 Å². The first-order valence-corrected chi connectivity index (χ1v) is 6.70. The second-order valence-electron chi connectivity index (χ2n) is 5.04. The summed E-state index contributed by atoms with van der Waals surface area (Å²) in [6.45, 7) is 6.81. The highest BCUT2D eigenvalue weighted by molar-refractivity contribution is 9.10. The molecule has 0 saturated carbocycles. The topological polar surface area (TPSA) is 41.6 Å². The van der Waals surface area contributed by atoms with E-state index < -0.39 is 0 Å². The van der Waals surface area contributed by atoms with Crippen LogP contribution in [0.3, 0.4) is 0 Å². The van der Waals surface area contributed by atoms with Crippen LogP contribution in [-0.2, 0) is 5.54 Å². The van der Waals surface area contributed by atoms with Gasteiger partial charge in [-0.1, -0.05) is 22.0 Å². The van der Waals surface area contributed by atoms with Crippen LogP contribution < -0.4 is 5.73 Å². The SMILES string of the molecule is CC(C)N1C(N)=NCC1(C)c1ccc(F)cc1Br. The van der Waals surface area contributed by atoms with Crippen LogP contribution in [0.15, 0.2) is 27.7 Å². The van der Waals surface area contributed by atoms with Crippen molar-refractivity contribution in [3.63, 3.8) is 0 Å². The Labute approximate surface area is 115 Å². The lowest BCUT2D eigenvalue weighted by Crippen LogP contribution is -2.51. The highest BCUT2D eigenvalue weighted by Crippen LogP contribution is 2.38. The maximum absolute atomic E-state index is 13.2. The van der Waals surface area contributed by atoms with Gasteiger partial charge < -0.3 is 10.6 Å². The van der Waals surface area contributed by atoms with Gasteiger partial charge in [0.05, 0.1) is 12.1 Å². The lowest BCUT2D eigenvalue weighted by Gasteiger charge is -2.40. The van der Waals surface area contributed by atoms with Crippen molar-refractivity contribution in [3.8, 4) is 0 Å². The average Bonchev–Trinajstić information content (AvgIpc) is 2.55. The zero-order chi connectivity index (χ0) is 13.5. The fourth-order valence-electron chi connectivity index (χ4n) is 2.62. The third-order valence-electron chi connectivity index (χ3n) is 3.36. The van der Waals surface area contributed by atoms with E-state index in [2.05, 4.69) is 46.6 Å². The molecule has 98 valence electrons. The Morgan fingerprint density at radius 3 is 2.72 bits per heavy atom. The van der Waals surface area contributed by atoms with Crippen molar-refractivity contribution < 1.29 is 4.39 Å². The molecule has 0 bridgehead atoms. The van der Waals surface area contributed by atoms with Crippen LogP contribution in [-0.4, -0.2) is 23.4 Å². The Balaban J connectivity index is 2.48. The van der Waals surface area contributed by atoms with Gasteiger partial charge in [-0.05, 0) is 38.5 Å². The fourth-order valence-corrected chi connectivity index (χ4v) is 3.39. The van der Waals surface area contributed by atoms with Gasteiger partial charge in [-0.3, -0.25) is 4.99 Å². The van der Waals surface area contributed by atoms with E-state index in [9.17, 15) is 4.39 Å². The molecule has 3 nitrogen and oxygen atoms in total. The van der Waals surface area contributed by atoms with Gasteiger partial charge in [0.2, 0.25) is 0 Å². The van der Waals surface area contributed by atoms with Crippen LogP contribution in [0.5, 0.6) is 0 Å². The number of hydrogen-bond donors (Lipinski definition) is 1. The summed E-state index contributed by atoms with van der Waals surface area (Å²) in [4.78, 5) is 6.41. The third-order valence-corrected chi connectivity index (χ3v) is 4.01. The van der Waals surface area contributed by atoms with Crippen molar-refractivity contribution in [2.24, 2.45) is 10.7 Å². The van der Waals surface area contributed by atoms with Crippen molar-refractivity contribution in [1.29, 1.82) is 0 Å². The Hall–Kier alpha value is -1.10. The highest BCUT2D eigenvalue weighted by atomic mass is 79.9. The summed E-state index contributed by atoms with van der Waals surface area (Å²) in [6.07, 6.45) is 0. The molecule has 1 aliphatic heterocycles. The van der Waals surface area contributed by atoms with E-state index >= 15 is 0 Å². The van der Waals surface area contributed by atoms with Crippen LogP contribution >= 0.6 is 15.9 Å². The van der Waals surface area contributed by atoms with E-state index in [4.69, 9.17) is 5.73 Å². The second kappa shape index (κ2) is 4.53. The van der Waals surface area contributed by atoms with Gasteiger partial charge >= 0.3 is 0 Å². The maximum Gasteiger partial charge on any atom is 0.192 e. The summed E-state index contributed by atoms with van der Waals surface area (Å²) >= 11 is 3.43. The van der Waals surface area contributed by atoms with Crippen LogP contribution in [0.4, 0.5) is 4.39 Å². The number of benzene rings is 1. The number of aliphatic imine (C=N–C) groups is 1. The first-order valence-electron chi connectivity index (χ1n) is 5.91. The molecule has 1 atom stereocenters. The number of hydrogen-bond acceptors (Lipinski definition) is 3. The Kier molecular flexibility index (Phi) is 3.36. The molecule has 0 spiro atoms. The summed E-state index contributed by atoms with van der Waals surface area (Å²) < 4.78 is 13.9. The van der Waals surface area contributed by atoms with E-state index in [1.807, 2.05) is 0 Å². The Bertz CT molecular complexity index is 501. The maximum atomic E-state index is 13.2. The number of guanidine groups is 1. The molecule has 0 fully saturated rings. The summed E-state index contributed by atoms with van der Waals surface area (Å²) in [7, 11) is 0. The first kappa shape index (κ1) is 13.3.